The van der Waals surface area contributed by atoms with Crippen LogP contribution < -0.4 is 4.90 Å². The Morgan fingerprint density at radius 3 is 1.50 bits per heavy atom. The molecular formula is C54H34N2S2. The van der Waals surface area contributed by atoms with Crippen LogP contribution in [0.4, 0.5) is 17.1 Å². The van der Waals surface area contributed by atoms with Crippen LogP contribution in [-0.2, 0) is 0 Å². The van der Waals surface area contributed by atoms with E-state index in [1.165, 1.54) is 90.1 Å². The number of anilines is 3. The lowest BCUT2D eigenvalue weighted by Gasteiger charge is -2.26. The minimum atomic E-state index is 1.11. The molecule has 0 aliphatic heterocycles. The first kappa shape index (κ1) is 33.2. The van der Waals surface area contributed by atoms with Crippen LogP contribution in [-0.4, -0.2) is 4.57 Å². The maximum atomic E-state index is 2.44. The van der Waals surface area contributed by atoms with Crippen LogP contribution in [0.1, 0.15) is 0 Å². The average molecular weight is 775 g/mol. The number of hydrogen-bond donors (Lipinski definition) is 0. The van der Waals surface area contributed by atoms with E-state index < -0.39 is 0 Å². The van der Waals surface area contributed by atoms with Crippen molar-refractivity contribution in [3.8, 4) is 27.9 Å². The molecular weight excluding hydrogens is 741 g/mol. The number of nitrogens with zero attached hydrogens (tertiary/aromatic N) is 2. The molecule has 12 aromatic rings. The predicted octanol–water partition coefficient (Wildman–Crippen LogP) is 16.3. The molecule has 0 saturated heterocycles. The third kappa shape index (κ3) is 5.30. The third-order valence-corrected chi connectivity index (χ3v) is 13.9. The van der Waals surface area contributed by atoms with Gasteiger partial charge in [0.2, 0.25) is 0 Å². The van der Waals surface area contributed by atoms with Gasteiger partial charge in [0.1, 0.15) is 0 Å². The molecule has 0 fully saturated rings. The highest BCUT2D eigenvalue weighted by Gasteiger charge is 2.19. The van der Waals surface area contributed by atoms with Gasteiger partial charge in [-0.3, -0.25) is 0 Å². The summed E-state index contributed by atoms with van der Waals surface area (Å²) in [7, 11) is 0. The quantitative estimate of drug-likeness (QED) is 0.163. The molecule has 0 spiro atoms. The van der Waals surface area contributed by atoms with Crippen LogP contribution in [0.2, 0.25) is 0 Å². The van der Waals surface area contributed by atoms with Crippen LogP contribution in [0.5, 0.6) is 0 Å². The van der Waals surface area contributed by atoms with E-state index in [-0.39, 0.29) is 0 Å². The topological polar surface area (TPSA) is 8.17 Å². The lowest BCUT2D eigenvalue weighted by Crippen LogP contribution is -2.09. The Kier molecular flexibility index (Phi) is 7.62. The summed E-state index contributed by atoms with van der Waals surface area (Å²) >= 11 is 3.74. The Bertz CT molecular complexity index is 3450. The number of para-hydroxylation sites is 2. The molecule has 0 N–H and O–H groups in total. The summed E-state index contributed by atoms with van der Waals surface area (Å²) in [4.78, 5) is 2.39. The Morgan fingerprint density at radius 1 is 0.328 bits per heavy atom. The van der Waals surface area contributed by atoms with Crippen molar-refractivity contribution in [2.24, 2.45) is 0 Å². The van der Waals surface area contributed by atoms with E-state index in [2.05, 4.69) is 216 Å². The molecule has 0 aliphatic rings. The normalized spacial score (nSPS) is 11.8. The smallest absolute Gasteiger partial charge is 0.0541 e. The Balaban J connectivity index is 1.03. The van der Waals surface area contributed by atoms with Crippen LogP contribution in [0.15, 0.2) is 206 Å². The first-order valence-corrected chi connectivity index (χ1v) is 21.3. The monoisotopic (exact) mass is 774 g/mol. The van der Waals surface area contributed by atoms with Crippen molar-refractivity contribution in [1.82, 2.24) is 4.57 Å². The Labute approximate surface area is 343 Å². The van der Waals surface area contributed by atoms with E-state index >= 15 is 0 Å². The van der Waals surface area contributed by atoms with Crippen LogP contribution in [0.3, 0.4) is 0 Å². The number of benzene rings is 9. The highest BCUT2D eigenvalue weighted by Crippen LogP contribution is 2.45. The minimum absolute atomic E-state index is 1.11. The van der Waals surface area contributed by atoms with Gasteiger partial charge in [0.15, 0.2) is 0 Å². The fraction of sp³-hybridized carbons (Fsp3) is 0. The predicted molar refractivity (Wildman–Crippen MR) is 252 cm³/mol. The van der Waals surface area contributed by atoms with Crippen molar-refractivity contribution in [2.75, 3.05) is 4.90 Å². The zero-order valence-electron chi connectivity index (χ0n) is 31.3. The van der Waals surface area contributed by atoms with Crippen LogP contribution in [0, 0.1) is 0 Å². The van der Waals surface area contributed by atoms with Gasteiger partial charge in [0.25, 0.3) is 0 Å². The molecule has 0 aliphatic carbocycles. The fourth-order valence-electron chi connectivity index (χ4n) is 8.88. The van der Waals surface area contributed by atoms with Gasteiger partial charge in [-0.25, -0.2) is 0 Å². The Hall–Kier alpha value is -6.98. The van der Waals surface area contributed by atoms with Crippen LogP contribution in [0.25, 0.3) is 90.1 Å². The van der Waals surface area contributed by atoms with Gasteiger partial charge < -0.3 is 9.47 Å². The average Bonchev–Trinajstić information content (AvgIpc) is 3.96. The van der Waals surface area contributed by atoms with Crippen LogP contribution >= 0.6 is 22.7 Å². The molecule has 0 saturated carbocycles. The van der Waals surface area contributed by atoms with Crippen molar-refractivity contribution in [3.05, 3.63) is 206 Å². The first-order valence-electron chi connectivity index (χ1n) is 19.7. The summed E-state index contributed by atoms with van der Waals surface area (Å²) in [6, 6.07) is 75.6. The minimum Gasteiger partial charge on any atom is -0.310 e. The van der Waals surface area contributed by atoms with E-state index in [1.807, 2.05) is 22.7 Å². The van der Waals surface area contributed by atoms with Crippen molar-refractivity contribution >= 4 is 102 Å². The van der Waals surface area contributed by atoms with Crippen molar-refractivity contribution in [2.45, 2.75) is 0 Å². The zero-order chi connectivity index (χ0) is 38.2. The fourth-order valence-corrected chi connectivity index (χ4v) is 11.2. The summed E-state index contributed by atoms with van der Waals surface area (Å²) in [5, 5.41) is 7.73. The van der Waals surface area contributed by atoms with Gasteiger partial charge >= 0.3 is 0 Å². The lowest BCUT2D eigenvalue weighted by atomic mass is 10.0. The van der Waals surface area contributed by atoms with Crippen molar-refractivity contribution in [1.29, 1.82) is 0 Å². The second kappa shape index (κ2) is 13.3. The molecule has 3 aromatic heterocycles. The molecule has 4 heteroatoms. The number of hydrogen-bond acceptors (Lipinski definition) is 3. The second-order valence-electron chi connectivity index (χ2n) is 14.9. The van der Waals surface area contributed by atoms with Gasteiger partial charge in [-0.15, -0.1) is 22.7 Å². The van der Waals surface area contributed by atoms with Gasteiger partial charge in [-0.2, -0.15) is 0 Å². The molecule has 9 aromatic carbocycles. The van der Waals surface area contributed by atoms with E-state index in [0.29, 0.717) is 0 Å². The van der Waals surface area contributed by atoms with Crippen molar-refractivity contribution in [3.63, 3.8) is 0 Å². The molecule has 0 amide bonds. The molecule has 0 bridgehead atoms. The SMILES string of the molecule is c1ccc(-c2ccc(N(c3ccc(-c4cc(-n5c6ccccc6c6ccccc65)cc5c4sc4ccccc45)cc3)c3ccc4c(c3)sc3ccccc34)cc2)cc1. The highest BCUT2D eigenvalue weighted by atomic mass is 32.1. The molecule has 0 unspecified atom stereocenters. The number of aromatic nitrogens is 1. The molecule has 2 nitrogen and oxygen atoms in total. The van der Waals surface area contributed by atoms with Gasteiger partial charge in [-0.1, -0.05) is 133 Å². The number of fused-ring (bicyclic) bond motifs is 9. The molecule has 12 rings (SSSR count). The molecule has 0 atom stereocenters. The molecule has 272 valence electrons. The number of rotatable bonds is 6. The van der Waals surface area contributed by atoms with E-state index in [0.717, 1.165) is 17.1 Å². The summed E-state index contributed by atoms with van der Waals surface area (Å²) < 4.78 is 7.65. The van der Waals surface area contributed by atoms with Gasteiger partial charge in [0, 0.05) is 79.4 Å². The van der Waals surface area contributed by atoms with E-state index in [9.17, 15) is 0 Å². The summed E-state index contributed by atoms with van der Waals surface area (Å²) in [6.07, 6.45) is 0. The number of thiophene rings is 2. The maximum absolute atomic E-state index is 2.44. The maximum Gasteiger partial charge on any atom is 0.0541 e. The van der Waals surface area contributed by atoms with Gasteiger partial charge in [0.05, 0.1) is 11.0 Å². The van der Waals surface area contributed by atoms with E-state index in [1.54, 1.807) is 0 Å². The second-order valence-corrected chi connectivity index (χ2v) is 17.0. The van der Waals surface area contributed by atoms with Crippen molar-refractivity contribution < 1.29 is 0 Å². The van der Waals surface area contributed by atoms with Gasteiger partial charge in [-0.05, 0) is 89.5 Å². The van der Waals surface area contributed by atoms with E-state index in [4.69, 9.17) is 0 Å². The lowest BCUT2D eigenvalue weighted by molar-refractivity contribution is 1.19. The summed E-state index contributed by atoms with van der Waals surface area (Å²) in [5.41, 5.74) is 11.8. The third-order valence-electron chi connectivity index (χ3n) is 11.6. The Morgan fingerprint density at radius 2 is 0.828 bits per heavy atom. The molecule has 58 heavy (non-hydrogen) atoms. The summed E-state index contributed by atoms with van der Waals surface area (Å²) in [6.45, 7) is 0. The summed E-state index contributed by atoms with van der Waals surface area (Å²) in [5.74, 6) is 0. The largest absolute Gasteiger partial charge is 0.310 e. The highest BCUT2D eigenvalue weighted by molar-refractivity contribution is 7.26. The first-order chi connectivity index (χ1) is 28.7. The standard InChI is InChI=1S/C54H34N2S2/c1-2-12-35(13-3-1)36-22-26-38(27-23-36)55(40-30-31-46-44-16-6-10-20-51(44)57-53(46)34-40)39-28-24-37(25-29-39)47-32-41(33-48-45-17-7-11-21-52(45)58-54(47)48)56-49-18-8-4-14-42(49)43-15-5-9-19-50(43)56/h1-34H. The zero-order valence-corrected chi connectivity index (χ0v) is 33.0. The molecule has 3 heterocycles. The molecule has 0 radical (unpaired) electrons.